The summed E-state index contributed by atoms with van der Waals surface area (Å²) in [4.78, 5) is 30.3. The average Bonchev–Trinajstić information content (AvgIpc) is 3.39. The Morgan fingerprint density at radius 2 is 1.21 bits per heavy atom. The molecule has 6 rings (SSSR count). The molecule has 0 bridgehead atoms. The maximum absolute atomic E-state index is 14.3. The molecular formula is C37H34N2O3. The van der Waals surface area contributed by atoms with Crippen LogP contribution < -0.4 is 5.32 Å². The van der Waals surface area contributed by atoms with Crippen molar-refractivity contribution >= 4 is 44.3 Å². The third-order valence-electron chi connectivity index (χ3n) is 8.44. The molecule has 0 saturated heterocycles. The normalized spacial score (nSPS) is 13.3. The van der Waals surface area contributed by atoms with Gasteiger partial charge in [-0.3, -0.25) is 4.79 Å². The van der Waals surface area contributed by atoms with Crippen LogP contribution in [0, 0.1) is 5.41 Å². The Labute approximate surface area is 245 Å². The molecule has 6 aromatic rings. The Morgan fingerprint density at radius 1 is 0.690 bits per heavy atom. The van der Waals surface area contributed by atoms with Crippen LogP contribution in [0.5, 0.6) is 0 Å². The number of rotatable bonds is 9. The predicted molar refractivity (Wildman–Crippen MR) is 170 cm³/mol. The van der Waals surface area contributed by atoms with Gasteiger partial charge in [-0.1, -0.05) is 110 Å². The molecule has 0 aliphatic carbocycles. The molecule has 5 aromatic carbocycles. The average molecular weight is 555 g/mol. The molecule has 5 heteroatoms. The van der Waals surface area contributed by atoms with E-state index in [-0.39, 0.29) is 12.3 Å². The quantitative estimate of drug-likeness (QED) is 0.173. The number of carboxylic acid groups (broad SMARTS) is 1. The fourth-order valence-electron chi connectivity index (χ4n) is 6.06. The lowest BCUT2D eigenvalue weighted by molar-refractivity contribution is -0.148. The number of fused-ring (bicyclic) bond motifs is 3. The minimum Gasteiger partial charge on any atom is -0.480 e. The molecule has 0 unspecified atom stereocenters. The largest absolute Gasteiger partial charge is 0.480 e. The summed E-state index contributed by atoms with van der Waals surface area (Å²) in [5.74, 6) is -1.35. The molecule has 0 radical (unpaired) electrons. The maximum Gasteiger partial charge on any atom is 0.329 e. The number of carbonyl (C=O) groups excluding carboxylic acids is 1. The standard InChI is InChI=1S/C37H34N2O3/c1-36(21-25-15-17-27-9-3-5-11-29(27)19-25,22-26-16-18-28-10-4-6-12-30(28)20-26)34(40)39-37(2,35(41)42)23-31-24-38-33-14-8-7-13-32(31)33/h3-20,24,38H,21-23H2,1-2H3,(H,39,40)(H,41,42)/t37-/m1/s1. The van der Waals surface area contributed by atoms with E-state index in [9.17, 15) is 14.7 Å². The number of H-pyrrole nitrogens is 1. The van der Waals surface area contributed by atoms with Gasteiger partial charge in [-0.25, -0.2) is 4.79 Å². The highest BCUT2D eigenvalue weighted by atomic mass is 16.4. The molecule has 1 aromatic heterocycles. The van der Waals surface area contributed by atoms with Crippen LogP contribution in [0.3, 0.4) is 0 Å². The maximum atomic E-state index is 14.3. The van der Waals surface area contributed by atoms with Crippen LogP contribution in [0.1, 0.15) is 30.5 Å². The second-order valence-corrected chi connectivity index (χ2v) is 11.9. The van der Waals surface area contributed by atoms with E-state index in [1.54, 1.807) is 6.92 Å². The molecule has 1 amide bonds. The predicted octanol–water partition coefficient (Wildman–Crippen LogP) is 7.47. The van der Waals surface area contributed by atoms with Crippen molar-refractivity contribution in [3.05, 3.63) is 132 Å². The number of aliphatic carboxylic acids is 1. The molecule has 1 atom stereocenters. The van der Waals surface area contributed by atoms with E-state index in [1.165, 1.54) is 0 Å². The van der Waals surface area contributed by atoms with Crippen molar-refractivity contribution in [1.82, 2.24) is 10.3 Å². The zero-order chi connectivity index (χ0) is 29.3. The highest BCUT2D eigenvalue weighted by molar-refractivity contribution is 5.92. The van der Waals surface area contributed by atoms with Crippen LogP contribution in [0.25, 0.3) is 32.4 Å². The molecule has 210 valence electrons. The lowest BCUT2D eigenvalue weighted by Crippen LogP contribution is -2.58. The minimum absolute atomic E-state index is 0.153. The Hall–Kier alpha value is -4.90. The SMILES string of the molecule is CC(Cc1ccc2ccccc2c1)(Cc1ccc2ccccc2c1)C(=O)N[C@](C)(Cc1c[nH]c2ccccc12)C(=O)O. The fourth-order valence-corrected chi connectivity index (χ4v) is 6.06. The third-order valence-corrected chi connectivity index (χ3v) is 8.44. The topological polar surface area (TPSA) is 82.2 Å². The van der Waals surface area contributed by atoms with Gasteiger partial charge in [0.15, 0.2) is 0 Å². The Balaban J connectivity index is 1.35. The molecule has 0 fully saturated rings. The number of aromatic nitrogens is 1. The van der Waals surface area contributed by atoms with Crippen molar-refractivity contribution in [2.45, 2.75) is 38.6 Å². The number of aromatic amines is 1. The first kappa shape index (κ1) is 27.3. The summed E-state index contributed by atoms with van der Waals surface area (Å²) >= 11 is 0. The van der Waals surface area contributed by atoms with Gasteiger partial charge in [0.1, 0.15) is 5.54 Å². The number of para-hydroxylation sites is 1. The van der Waals surface area contributed by atoms with Crippen LogP contribution >= 0.6 is 0 Å². The van der Waals surface area contributed by atoms with E-state index in [1.807, 2.05) is 61.7 Å². The van der Waals surface area contributed by atoms with Crippen molar-refractivity contribution < 1.29 is 14.7 Å². The number of hydrogen-bond donors (Lipinski definition) is 3. The van der Waals surface area contributed by atoms with Gasteiger partial charge in [-0.15, -0.1) is 0 Å². The zero-order valence-corrected chi connectivity index (χ0v) is 23.9. The summed E-state index contributed by atoms with van der Waals surface area (Å²) in [7, 11) is 0. The van der Waals surface area contributed by atoms with Crippen LogP contribution in [-0.2, 0) is 28.9 Å². The minimum atomic E-state index is -1.50. The Morgan fingerprint density at radius 3 is 1.79 bits per heavy atom. The molecule has 0 aliphatic rings. The van der Waals surface area contributed by atoms with Gasteiger partial charge in [0.05, 0.1) is 5.41 Å². The van der Waals surface area contributed by atoms with Gasteiger partial charge < -0.3 is 15.4 Å². The first-order valence-electron chi connectivity index (χ1n) is 14.3. The van der Waals surface area contributed by atoms with Gasteiger partial charge in [0, 0.05) is 23.5 Å². The van der Waals surface area contributed by atoms with Crippen LogP contribution in [0.4, 0.5) is 0 Å². The molecule has 42 heavy (non-hydrogen) atoms. The fraction of sp³-hybridized carbons (Fsp3) is 0.189. The molecular weight excluding hydrogens is 520 g/mol. The summed E-state index contributed by atoms with van der Waals surface area (Å²) in [6, 6.07) is 36.7. The van der Waals surface area contributed by atoms with Crippen molar-refractivity contribution in [2.75, 3.05) is 0 Å². The van der Waals surface area contributed by atoms with Crippen LogP contribution in [-0.4, -0.2) is 27.5 Å². The second-order valence-electron chi connectivity index (χ2n) is 11.9. The number of amides is 1. The molecule has 3 N–H and O–H groups in total. The van der Waals surface area contributed by atoms with E-state index >= 15 is 0 Å². The highest BCUT2D eigenvalue weighted by Crippen LogP contribution is 2.32. The van der Waals surface area contributed by atoms with E-state index in [0.717, 1.165) is 49.1 Å². The summed E-state index contributed by atoms with van der Waals surface area (Å²) < 4.78 is 0. The molecule has 5 nitrogen and oxygen atoms in total. The van der Waals surface area contributed by atoms with Gasteiger partial charge >= 0.3 is 5.97 Å². The number of carboxylic acids is 1. The lowest BCUT2D eigenvalue weighted by Gasteiger charge is -2.34. The number of nitrogens with one attached hydrogen (secondary N) is 2. The molecule has 0 aliphatic heterocycles. The molecule has 0 spiro atoms. The van der Waals surface area contributed by atoms with Crippen molar-refractivity contribution in [3.8, 4) is 0 Å². The third kappa shape index (κ3) is 5.38. The van der Waals surface area contributed by atoms with E-state index < -0.39 is 16.9 Å². The van der Waals surface area contributed by atoms with Crippen LogP contribution in [0.15, 0.2) is 115 Å². The van der Waals surface area contributed by atoms with E-state index in [4.69, 9.17) is 0 Å². The number of hydrogen-bond acceptors (Lipinski definition) is 2. The van der Waals surface area contributed by atoms with Crippen molar-refractivity contribution in [2.24, 2.45) is 5.41 Å². The first-order chi connectivity index (χ1) is 20.2. The Kier molecular flexibility index (Phi) is 7.03. The van der Waals surface area contributed by atoms with E-state index in [0.29, 0.717) is 12.8 Å². The number of carbonyl (C=O) groups is 2. The van der Waals surface area contributed by atoms with Gasteiger partial charge in [0.25, 0.3) is 0 Å². The second kappa shape index (κ2) is 10.8. The van der Waals surface area contributed by atoms with Gasteiger partial charge in [0.2, 0.25) is 5.91 Å². The van der Waals surface area contributed by atoms with E-state index in [2.05, 4.69) is 71.0 Å². The molecule has 0 saturated carbocycles. The van der Waals surface area contributed by atoms with Crippen LogP contribution in [0.2, 0.25) is 0 Å². The molecule has 1 heterocycles. The van der Waals surface area contributed by atoms with Crippen molar-refractivity contribution in [1.29, 1.82) is 0 Å². The van der Waals surface area contributed by atoms with Gasteiger partial charge in [-0.2, -0.15) is 0 Å². The first-order valence-corrected chi connectivity index (χ1v) is 14.3. The summed E-state index contributed by atoms with van der Waals surface area (Å²) in [5.41, 5.74) is 1.42. The summed E-state index contributed by atoms with van der Waals surface area (Å²) in [6.07, 6.45) is 2.90. The highest BCUT2D eigenvalue weighted by Gasteiger charge is 2.42. The monoisotopic (exact) mass is 554 g/mol. The van der Waals surface area contributed by atoms with Crippen molar-refractivity contribution in [3.63, 3.8) is 0 Å². The summed E-state index contributed by atoms with van der Waals surface area (Å²) in [6.45, 7) is 3.54. The lowest BCUT2D eigenvalue weighted by atomic mass is 9.76. The summed E-state index contributed by atoms with van der Waals surface area (Å²) in [5, 5.41) is 18.9. The number of benzene rings is 5. The van der Waals surface area contributed by atoms with Gasteiger partial charge in [-0.05, 0) is 64.1 Å². The zero-order valence-electron chi connectivity index (χ0n) is 23.9. The smallest absolute Gasteiger partial charge is 0.329 e. The Bertz CT molecular complexity index is 1860.